The van der Waals surface area contributed by atoms with Gasteiger partial charge in [0.05, 0.1) is 24.3 Å². The molecule has 0 fully saturated rings. The fourth-order valence-corrected chi connectivity index (χ4v) is 1.15. The van der Waals surface area contributed by atoms with Crippen molar-refractivity contribution in [3.05, 3.63) is 23.3 Å². The number of benzene rings is 1. The van der Waals surface area contributed by atoms with Gasteiger partial charge in [-0.25, -0.2) is 0 Å². The highest BCUT2D eigenvalue weighted by atomic mass is 16.5. The summed E-state index contributed by atoms with van der Waals surface area (Å²) in [5, 5.41) is 18.0. The predicted molar refractivity (Wildman–Crippen MR) is 49.4 cm³/mol. The standard InChI is InChI=1S/C10H9NO3/c1-6(12)8-3-7(5-11)4-9(13)10(8)14-2/h3-4,13H,1-2H3. The number of nitriles is 1. The molecule has 0 bridgehead atoms. The van der Waals surface area contributed by atoms with E-state index in [9.17, 15) is 9.90 Å². The lowest BCUT2D eigenvalue weighted by Gasteiger charge is -2.07. The first-order valence-corrected chi connectivity index (χ1v) is 3.92. The van der Waals surface area contributed by atoms with Crippen LogP contribution in [0.4, 0.5) is 0 Å². The minimum Gasteiger partial charge on any atom is -0.504 e. The van der Waals surface area contributed by atoms with Gasteiger partial charge in [0.1, 0.15) is 0 Å². The Morgan fingerprint density at radius 2 is 2.21 bits per heavy atom. The molecule has 4 heteroatoms. The van der Waals surface area contributed by atoms with Crippen LogP contribution in [-0.4, -0.2) is 18.0 Å². The summed E-state index contributed by atoms with van der Waals surface area (Å²) in [6.07, 6.45) is 0. The van der Waals surface area contributed by atoms with Gasteiger partial charge in [0.15, 0.2) is 17.3 Å². The number of phenols is 1. The van der Waals surface area contributed by atoms with Crippen molar-refractivity contribution >= 4 is 5.78 Å². The number of carbonyl (C=O) groups is 1. The Morgan fingerprint density at radius 1 is 1.57 bits per heavy atom. The van der Waals surface area contributed by atoms with Crippen molar-refractivity contribution in [1.82, 2.24) is 0 Å². The molecule has 14 heavy (non-hydrogen) atoms. The van der Waals surface area contributed by atoms with E-state index in [4.69, 9.17) is 10.00 Å². The molecule has 0 spiro atoms. The highest BCUT2D eigenvalue weighted by molar-refractivity contribution is 5.98. The molecule has 0 aliphatic heterocycles. The summed E-state index contributed by atoms with van der Waals surface area (Å²) in [5.41, 5.74) is 0.442. The summed E-state index contributed by atoms with van der Waals surface area (Å²) in [7, 11) is 1.35. The first-order valence-electron chi connectivity index (χ1n) is 3.92. The molecule has 0 saturated carbocycles. The van der Waals surface area contributed by atoms with Gasteiger partial charge in [0.2, 0.25) is 0 Å². The number of ether oxygens (including phenoxy) is 1. The smallest absolute Gasteiger partial charge is 0.171 e. The molecular weight excluding hydrogens is 182 g/mol. The number of methoxy groups -OCH3 is 1. The molecule has 4 nitrogen and oxygen atoms in total. The minimum absolute atomic E-state index is 0.108. The monoisotopic (exact) mass is 191 g/mol. The van der Waals surface area contributed by atoms with Crippen LogP contribution < -0.4 is 4.74 Å². The Kier molecular flexibility index (Phi) is 2.73. The lowest BCUT2D eigenvalue weighted by molar-refractivity contribution is 0.101. The number of phenolic OH excluding ortho intramolecular Hbond substituents is 1. The molecule has 0 radical (unpaired) electrons. The van der Waals surface area contributed by atoms with Crippen molar-refractivity contribution in [3.63, 3.8) is 0 Å². The Morgan fingerprint density at radius 3 is 2.64 bits per heavy atom. The van der Waals surface area contributed by atoms with Gasteiger partial charge in [-0.05, 0) is 13.0 Å². The van der Waals surface area contributed by atoms with E-state index in [-0.39, 0.29) is 28.4 Å². The molecular formula is C10H9NO3. The van der Waals surface area contributed by atoms with E-state index in [1.807, 2.05) is 6.07 Å². The first-order chi connectivity index (χ1) is 6.60. The quantitative estimate of drug-likeness (QED) is 0.718. The SMILES string of the molecule is COc1c(O)cc(C#N)cc1C(C)=O. The topological polar surface area (TPSA) is 70.3 Å². The average Bonchev–Trinajstić information content (AvgIpc) is 2.16. The molecule has 0 heterocycles. The average molecular weight is 191 g/mol. The molecule has 1 aromatic carbocycles. The number of ketones is 1. The third kappa shape index (κ3) is 1.67. The lowest BCUT2D eigenvalue weighted by atomic mass is 10.1. The Hall–Kier alpha value is -2.02. The van der Waals surface area contributed by atoms with Crippen molar-refractivity contribution < 1.29 is 14.6 Å². The van der Waals surface area contributed by atoms with Crippen molar-refractivity contribution in [3.8, 4) is 17.6 Å². The third-order valence-electron chi connectivity index (χ3n) is 1.78. The van der Waals surface area contributed by atoms with Crippen LogP contribution in [-0.2, 0) is 0 Å². The third-order valence-corrected chi connectivity index (χ3v) is 1.78. The first kappa shape index (κ1) is 10.1. The molecule has 0 atom stereocenters. The largest absolute Gasteiger partial charge is 0.504 e. The molecule has 1 N–H and O–H groups in total. The van der Waals surface area contributed by atoms with Gasteiger partial charge in [-0.3, -0.25) is 4.79 Å². The molecule has 0 aliphatic rings. The summed E-state index contributed by atoms with van der Waals surface area (Å²) in [5.74, 6) is -0.345. The summed E-state index contributed by atoms with van der Waals surface area (Å²) >= 11 is 0. The summed E-state index contributed by atoms with van der Waals surface area (Å²) in [4.78, 5) is 11.1. The second-order valence-corrected chi connectivity index (χ2v) is 2.74. The van der Waals surface area contributed by atoms with E-state index in [1.54, 1.807) is 0 Å². The van der Waals surface area contributed by atoms with Crippen molar-refractivity contribution in [2.45, 2.75) is 6.92 Å². The van der Waals surface area contributed by atoms with Crippen LogP contribution in [0.15, 0.2) is 12.1 Å². The number of rotatable bonds is 2. The van der Waals surface area contributed by atoms with Gasteiger partial charge >= 0.3 is 0 Å². The van der Waals surface area contributed by atoms with Crippen molar-refractivity contribution in [1.29, 1.82) is 5.26 Å². The van der Waals surface area contributed by atoms with Gasteiger partial charge in [0.25, 0.3) is 0 Å². The molecule has 0 aliphatic carbocycles. The van der Waals surface area contributed by atoms with E-state index < -0.39 is 0 Å². The second kappa shape index (κ2) is 3.79. The Balaban J connectivity index is 3.45. The predicted octanol–water partition coefficient (Wildman–Crippen LogP) is 1.48. The maximum Gasteiger partial charge on any atom is 0.171 e. The molecule has 1 aromatic rings. The van der Waals surface area contributed by atoms with Crippen LogP contribution in [0, 0.1) is 11.3 Å². The zero-order chi connectivity index (χ0) is 10.7. The number of aromatic hydroxyl groups is 1. The molecule has 0 unspecified atom stereocenters. The van der Waals surface area contributed by atoms with Gasteiger partial charge in [-0.15, -0.1) is 0 Å². The van der Waals surface area contributed by atoms with Gasteiger partial charge in [-0.2, -0.15) is 5.26 Å². The number of carbonyl (C=O) groups excluding carboxylic acids is 1. The van der Waals surface area contributed by atoms with Crippen molar-refractivity contribution in [2.24, 2.45) is 0 Å². The molecule has 72 valence electrons. The Labute approximate surface area is 81.4 Å². The van der Waals surface area contributed by atoms with E-state index in [2.05, 4.69) is 0 Å². The zero-order valence-electron chi connectivity index (χ0n) is 7.87. The summed E-state index contributed by atoms with van der Waals surface area (Å²) < 4.78 is 4.86. The van der Waals surface area contributed by atoms with Crippen LogP contribution in [0.25, 0.3) is 0 Å². The molecule has 0 aromatic heterocycles. The van der Waals surface area contributed by atoms with Gasteiger partial charge < -0.3 is 9.84 Å². The maximum atomic E-state index is 11.1. The van der Waals surface area contributed by atoms with Crippen LogP contribution in [0.5, 0.6) is 11.5 Å². The number of hydrogen-bond donors (Lipinski definition) is 1. The highest BCUT2D eigenvalue weighted by Gasteiger charge is 2.14. The van der Waals surface area contributed by atoms with Crippen LogP contribution >= 0.6 is 0 Å². The van der Waals surface area contributed by atoms with Gasteiger partial charge in [-0.1, -0.05) is 0 Å². The fourth-order valence-electron chi connectivity index (χ4n) is 1.15. The van der Waals surface area contributed by atoms with Crippen LogP contribution in [0.1, 0.15) is 22.8 Å². The van der Waals surface area contributed by atoms with E-state index in [0.29, 0.717) is 0 Å². The number of Topliss-reactive ketones (excluding diaryl/α,β-unsaturated/α-hetero) is 1. The minimum atomic E-state index is -0.255. The second-order valence-electron chi connectivity index (χ2n) is 2.74. The molecule has 1 rings (SSSR count). The molecule has 0 saturated heterocycles. The van der Waals surface area contributed by atoms with Crippen LogP contribution in [0.2, 0.25) is 0 Å². The lowest BCUT2D eigenvalue weighted by Crippen LogP contribution is -1.98. The summed E-state index contributed by atoms with van der Waals surface area (Å²) in [6, 6.07) is 4.49. The fraction of sp³-hybridized carbons (Fsp3) is 0.200. The normalized spacial score (nSPS) is 9.21. The number of hydrogen-bond acceptors (Lipinski definition) is 4. The maximum absolute atomic E-state index is 11.1. The van der Waals surface area contributed by atoms with Gasteiger partial charge in [0, 0.05) is 6.07 Å². The van der Waals surface area contributed by atoms with Crippen LogP contribution in [0.3, 0.4) is 0 Å². The Bertz CT molecular complexity index is 418. The number of nitrogens with zero attached hydrogens (tertiary/aromatic N) is 1. The van der Waals surface area contributed by atoms with E-state index in [0.717, 1.165) is 0 Å². The zero-order valence-corrected chi connectivity index (χ0v) is 7.87. The van der Waals surface area contributed by atoms with E-state index in [1.165, 1.54) is 26.2 Å². The van der Waals surface area contributed by atoms with Crippen molar-refractivity contribution in [2.75, 3.05) is 7.11 Å². The summed E-state index contributed by atoms with van der Waals surface area (Å²) in [6.45, 7) is 1.35. The van der Waals surface area contributed by atoms with E-state index >= 15 is 0 Å². The highest BCUT2D eigenvalue weighted by Crippen LogP contribution is 2.31. The molecule has 0 amide bonds.